The smallest absolute Gasteiger partial charge is 0.238 e. The van der Waals surface area contributed by atoms with Gasteiger partial charge < -0.3 is 10.1 Å². The minimum Gasteiger partial charge on any atom is -0.379 e. The second-order valence-electron chi connectivity index (χ2n) is 6.03. The van der Waals surface area contributed by atoms with Crippen molar-refractivity contribution in [2.45, 2.75) is 0 Å². The normalized spacial score (nSPS) is 15.1. The van der Waals surface area contributed by atoms with Gasteiger partial charge in [0.15, 0.2) is 0 Å². The van der Waals surface area contributed by atoms with Gasteiger partial charge in [0, 0.05) is 29.7 Å². The average Bonchev–Trinajstić information content (AvgIpc) is 3.34. The number of thiophene rings is 1. The van der Waals surface area contributed by atoms with Gasteiger partial charge in [-0.3, -0.25) is 9.69 Å². The van der Waals surface area contributed by atoms with E-state index in [-0.39, 0.29) is 5.91 Å². The van der Waals surface area contributed by atoms with Crippen LogP contribution >= 0.6 is 22.7 Å². The molecule has 2 aromatic heterocycles. The van der Waals surface area contributed by atoms with Crippen LogP contribution in [0.15, 0.2) is 47.2 Å². The van der Waals surface area contributed by atoms with Crippen molar-refractivity contribution in [3.63, 3.8) is 0 Å². The van der Waals surface area contributed by atoms with Crippen LogP contribution in [0.1, 0.15) is 0 Å². The van der Waals surface area contributed by atoms with Crippen LogP contribution in [0.5, 0.6) is 0 Å². The Bertz CT molecular complexity index is 871. The molecule has 3 heterocycles. The lowest BCUT2D eigenvalue weighted by atomic mass is 10.2. The zero-order valence-corrected chi connectivity index (χ0v) is 15.8. The van der Waals surface area contributed by atoms with Crippen LogP contribution in [-0.2, 0) is 9.53 Å². The summed E-state index contributed by atoms with van der Waals surface area (Å²) in [6.45, 7) is 3.39. The van der Waals surface area contributed by atoms with E-state index >= 15 is 0 Å². The van der Waals surface area contributed by atoms with Crippen LogP contribution in [0, 0.1) is 0 Å². The fourth-order valence-electron chi connectivity index (χ4n) is 2.84. The molecule has 0 saturated carbocycles. The first-order valence-electron chi connectivity index (χ1n) is 8.48. The SMILES string of the molecule is O=C(CN1CCOCC1)Nc1cccc(-c2nc(-c3cccs3)cs2)c1. The molecule has 5 nitrogen and oxygen atoms in total. The number of anilines is 1. The van der Waals surface area contributed by atoms with Crippen LogP contribution in [0.2, 0.25) is 0 Å². The average molecular weight is 386 g/mol. The maximum absolute atomic E-state index is 12.3. The fourth-order valence-corrected chi connectivity index (χ4v) is 4.41. The van der Waals surface area contributed by atoms with Crippen LogP contribution in [-0.4, -0.2) is 48.6 Å². The van der Waals surface area contributed by atoms with Gasteiger partial charge in [0.2, 0.25) is 5.91 Å². The molecule has 0 bridgehead atoms. The number of nitrogens with one attached hydrogen (secondary N) is 1. The van der Waals surface area contributed by atoms with E-state index < -0.39 is 0 Å². The first-order chi connectivity index (χ1) is 12.8. The first kappa shape index (κ1) is 17.4. The summed E-state index contributed by atoms with van der Waals surface area (Å²) in [4.78, 5) is 20.3. The summed E-state index contributed by atoms with van der Waals surface area (Å²) in [6, 6.07) is 12.0. The van der Waals surface area contributed by atoms with Crippen LogP contribution in [0.3, 0.4) is 0 Å². The number of nitrogens with zero attached hydrogens (tertiary/aromatic N) is 2. The predicted octanol–water partition coefficient (Wildman–Crippen LogP) is 3.81. The van der Waals surface area contributed by atoms with Crippen molar-refractivity contribution < 1.29 is 9.53 Å². The Balaban J connectivity index is 1.44. The number of rotatable bonds is 5. The van der Waals surface area contributed by atoms with Gasteiger partial charge >= 0.3 is 0 Å². The third-order valence-corrected chi connectivity index (χ3v) is 5.93. The van der Waals surface area contributed by atoms with Crippen molar-refractivity contribution in [1.29, 1.82) is 0 Å². The molecule has 0 aliphatic carbocycles. The maximum atomic E-state index is 12.3. The topological polar surface area (TPSA) is 54.5 Å². The summed E-state index contributed by atoms with van der Waals surface area (Å²) in [5.41, 5.74) is 2.82. The number of benzene rings is 1. The molecular formula is C19H19N3O2S2. The molecule has 1 N–H and O–H groups in total. The highest BCUT2D eigenvalue weighted by Crippen LogP contribution is 2.32. The quantitative estimate of drug-likeness (QED) is 0.726. The molecule has 0 atom stereocenters. The number of ether oxygens (including phenoxy) is 1. The van der Waals surface area contributed by atoms with E-state index in [2.05, 4.69) is 27.0 Å². The van der Waals surface area contributed by atoms with Gasteiger partial charge in [0.05, 0.1) is 30.3 Å². The molecule has 1 aromatic carbocycles. The lowest BCUT2D eigenvalue weighted by molar-refractivity contribution is -0.118. The highest BCUT2D eigenvalue weighted by atomic mass is 32.1. The Morgan fingerprint density at radius 3 is 2.88 bits per heavy atom. The summed E-state index contributed by atoms with van der Waals surface area (Å²) in [5.74, 6) is 0.00228. The second-order valence-corrected chi connectivity index (χ2v) is 7.84. The molecule has 0 radical (unpaired) electrons. The molecule has 1 aliphatic heterocycles. The van der Waals surface area contributed by atoms with Crippen LogP contribution in [0.25, 0.3) is 21.1 Å². The Hall–Kier alpha value is -2.06. The number of hydrogen-bond donors (Lipinski definition) is 1. The molecule has 1 saturated heterocycles. The maximum Gasteiger partial charge on any atom is 0.238 e. The molecule has 1 aliphatic rings. The molecule has 0 unspecified atom stereocenters. The standard InChI is InChI=1S/C19H19N3O2S2/c23-18(12-22-6-8-24-9-7-22)20-15-4-1-3-14(11-15)19-21-16(13-26-19)17-5-2-10-25-17/h1-5,10-11,13H,6-9,12H2,(H,20,23). The number of aromatic nitrogens is 1. The Kier molecular flexibility index (Phi) is 5.40. The van der Waals surface area contributed by atoms with E-state index in [9.17, 15) is 4.79 Å². The van der Waals surface area contributed by atoms with Crippen molar-refractivity contribution in [2.24, 2.45) is 0 Å². The molecule has 26 heavy (non-hydrogen) atoms. The minimum absolute atomic E-state index is 0.00228. The summed E-state index contributed by atoms with van der Waals surface area (Å²) in [6.07, 6.45) is 0. The van der Waals surface area contributed by atoms with Gasteiger partial charge in [-0.05, 0) is 23.6 Å². The first-order valence-corrected chi connectivity index (χ1v) is 10.2. The number of carbonyl (C=O) groups excluding carboxylic acids is 1. The highest BCUT2D eigenvalue weighted by molar-refractivity contribution is 7.15. The van der Waals surface area contributed by atoms with Crippen molar-refractivity contribution in [2.75, 3.05) is 38.2 Å². The molecule has 1 fully saturated rings. The molecule has 7 heteroatoms. The van der Waals surface area contributed by atoms with Crippen LogP contribution < -0.4 is 5.32 Å². The van der Waals surface area contributed by atoms with Gasteiger partial charge in [-0.15, -0.1) is 22.7 Å². The monoisotopic (exact) mass is 385 g/mol. The number of thiazole rings is 1. The lowest BCUT2D eigenvalue weighted by Crippen LogP contribution is -2.41. The van der Waals surface area contributed by atoms with E-state index in [0.29, 0.717) is 19.8 Å². The fraction of sp³-hybridized carbons (Fsp3) is 0.263. The van der Waals surface area contributed by atoms with Crippen molar-refractivity contribution in [3.05, 3.63) is 47.2 Å². The summed E-state index contributed by atoms with van der Waals surface area (Å²) in [7, 11) is 0. The summed E-state index contributed by atoms with van der Waals surface area (Å²) < 4.78 is 5.31. The Morgan fingerprint density at radius 1 is 1.19 bits per heavy atom. The van der Waals surface area contributed by atoms with E-state index in [1.807, 2.05) is 30.3 Å². The molecule has 3 aromatic rings. The van der Waals surface area contributed by atoms with E-state index in [4.69, 9.17) is 9.72 Å². The van der Waals surface area contributed by atoms with Gasteiger partial charge in [0.1, 0.15) is 5.01 Å². The van der Waals surface area contributed by atoms with Crippen molar-refractivity contribution >= 4 is 34.3 Å². The minimum atomic E-state index is 0.00228. The molecule has 134 valence electrons. The Morgan fingerprint density at radius 2 is 2.08 bits per heavy atom. The van der Waals surface area contributed by atoms with E-state index in [1.54, 1.807) is 22.7 Å². The van der Waals surface area contributed by atoms with Crippen molar-refractivity contribution in [3.8, 4) is 21.1 Å². The number of amides is 1. The van der Waals surface area contributed by atoms with Crippen LogP contribution in [0.4, 0.5) is 5.69 Å². The number of morpholine rings is 1. The van der Waals surface area contributed by atoms with E-state index in [1.165, 1.54) is 4.88 Å². The third kappa shape index (κ3) is 4.19. The number of carbonyl (C=O) groups is 1. The van der Waals surface area contributed by atoms with Crippen molar-refractivity contribution in [1.82, 2.24) is 9.88 Å². The zero-order chi connectivity index (χ0) is 17.8. The predicted molar refractivity (Wildman–Crippen MR) is 107 cm³/mol. The lowest BCUT2D eigenvalue weighted by Gasteiger charge is -2.25. The largest absolute Gasteiger partial charge is 0.379 e. The van der Waals surface area contributed by atoms with Gasteiger partial charge in [-0.25, -0.2) is 4.98 Å². The highest BCUT2D eigenvalue weighted by Gasteiger charge is 2.14. The zero-order valence-electron chi connectivity index (χ0n) is 14.2. The Labute approximate surface area is 160 Å². The molecule has 0 spiro atoms. The summed E-state index contributed by atoms with van der Waals surface area (Å²) in [5, 5.41) is 8.08. The summed E-state index contributed by atoms with van der Waals surface area (Å²) >= 11 is 3.30. The molecular weight excluding hydrogens is 366 g/mol. The second kappa shape index (κ2) is 8.09. The molecule has 1 amide bonds. The number of hydrogen-bond acceptors (Lipinski definition) is 6. The molecule has 4 rings (SSSR count). The van der Waals surface area contributed by atoms with Gasteiger partial charge in [-0.1, -0.05) is 18.2 Å². The van der Waals surface area contributed by atoms with Gasteiger partial charge in [-0.2, -0.15) is 0 Å². The van der Waals surface area contributed by atoms with E-state index in [0.717, 1.165) is 35.0 Å². The third-order valence-electron chi connectivity index (χ3n) is 4.14. The van der Waals surface area contributed by atoms with Gasteiger partial charge in [0.25, 0.3) is 0 Å².